The monoisotopic (exact) mass is 186 g/mol. The topological polar surface area (TPSA) is 46.5 Å². The quantitative estimate of drug-likeness (QED) is 0.733. The number of carbonyl (C=O) groups is 1. The molecule has 1 rings (SSSR count). The molecule has 1 saturated carbocycles. The Morgan fingerprint density at radius 3 is 2.77 bits per heavy atom. The lowest BCUT2D eigenvalue weighted by Crippen LogP contribution is -2.29. The third-order valence-electron chi connectivity index (χ3n) is 2.63. The van der Waals surface area contributed by atoms with Gasteiger partial charge in [0.2, 0.25) is 0 Å². The van der Waals surface area contributed by atoms with E-state index in [4.69, 9.17) is 9.84 Å². The smallest absolute Gasteiger partial charge is 0.332 e. The van der Waals surface area contributed by atoms with Crippen LogP contribution in [0.25, 0.3) is 0 Å². The van der Waals surface area contributed by atoms with Crippen molar-refractivity contribution in [2.24, 2.45) is 5.92 Å². The second-order valence-electron chi connectivity index (χ2n) is 4.01. The van der Waals surface area contributed by atoms with Gasteiger partial charge < -0.3 is 9.84 Å². The van der Waals surface area contributed by atoms with Gasteiger partial charge in [0.25, 0.3) is 0 Å². The fraction of sp³-hybridized carbons (Fsp3) is 0.900. The van der Waals surface area contributed by atoms with Crippen LogP contribution in [0.3, 0.4) is 0 Å². The summed E-state index contributed by atoms with van der Waals surface area (Å²) in [5, 5.41) is 8.65. The standard InChI is InChI=1S/C10H18O3/c1-7-4-3-5-9(6-7)13-8(2)10(11)12/h7-9H,3-6H2,1-2H3,(H,11,12). The summed E-state index contributed by atoms with van der Waals surface area (Å²) in [6.45, 7) is 3.79. The molecule has 0 bridgehead atoms. The molecular weight excluding hydrogens is 168 g/mol. The van der Waals surface area contributed by atoms with Crippen LogP contribution in [-0.4, -0.2) is 23.3 Å². The molecule has 3 heteroatoms. The zero-order valence-electron chi connectivity index (χ0n) is 8.32. The molecule has 1 aliphatic carbocycles. The zero-order chi connectivity index (χ0) is 9.84. The number of aliphatic carboxylic acids is 1. The number of carboxylic acid groups (broad SMARTS) is 1. The molecule has 1 N–H and O–H groups in total. The lowest BCUT2D eigenvalue weighted by molar-refractivity contribution is -0.154. The minimum atomic E-state index is -0.863. The van der Waals surface area contributed by atoms with E-state index in [9.17, 15) is 4.79 Å². The molecule has 0 heterocycles. The first-order valence-electron chi connectivity index (χ1n) is 4.98. The Morgan fingerprint density at radius 1 is 1.54 bits per heavy atom. The summed E-state index contributed by atoms with van der Waals surface area (Å²) in [4.78, 5) is 10.5. The first-order chi connectivity index (χ1) is 6.09. The summed E-state index contributed by atoms with van der Waals surface area (Å²) in [6.07, 6.45) is 3.95. The van der Waals surface area contributed by atoms with Crippen molar-refractivity contribution in [3.63, 3.8) is 0 Å². The van der Waals surface area contributed by atoms with Crippen molar-refractivity contribution in [3.8, 4) is 0 Å². The average molecular weight is 186 g/mol. The van der Waals surface area contributed by atoms with Gasteiger partial charge in [-0.1, -0.05) is 19.8 Å². The third kappa shape index (κ3) is 3.35. The molecule has 0 radical (unpaired) electrons. The van der Waals surface area contributed by atoms with Gasteiger partial charge >= 0.3 is 5.97 Å². The predicted molar refractivity (Wildman–Crippen MR) is 49.6 cm³/mol. The Morgan fingerprint density at radius 2 is 2.23 bits per heavy atom. The van der Waals surface area contributed by atoms with Crippen LogP contribution in [0.5, 0.6) is 0 Å². The summed E-state index contributed by atoms with van der Waals surface area (Å²) >= 11 is 0. The van der Waals surface area contributed by atoms with Crippen molar-refractivity contribution in [1.29, 1.82) is 0 Å². The minimum absolute atomic E-state index is 0.162. The van der Waals surface area contributed by atoms with Crippen molar-refractivity contribution in [3.05, 3.63) is 0 Å². The third-order valence-corrected chi connectivity index (χ3v) is 2.63. The fourth-order valence-electron chi connectivity index (χ4n) is 1.85. The molecule has 0 aromatic heterocycles. The van der Waals surface area contributed by atoms with Crippen LogP contribution >= 0.6 is 0 Å². The van der Waals surface area contributed by atoms with Crippen molar-refractivity contribution < 1.29 is 14.6 Å². The maximum absolute atomic E-state index is 10.5. The van der Waals surface area contributed by atoms with Gasteiger partial charge in [-0.2, -0.15) is 0 Å². The van der Waals surface area contributed by atoms with Crippen molar-refractivity contribution >= 4 is 5.97 Å². The molecule has 1 aliphatic rings. The Labute approximate surface area is 79.1 Å². The number of hydrogen-bond acceptors (Lipinski definition) is 2. The number of carboxylic acids is 1. The maximum Gasteiger partial charge on any atom is 0.332 e. The van der Waals surface area contributed by atoms with E-state index in [2.05, 4.69) is 6.92 Å². The van der Waals surface area contributed by atoms with Crippen LogP contribution in [0.1, 0.15) is 39.5 Å². The summed E-state index contributed by atoms with van der Waals surface area (Å²) in [7, 11) is 0. The van der Waals surface area contributed by atoms with Crippen LogP contribution in [0.4, 0.5) is 0 Å². The lowest BCUT2D eigenvalue weighted by atomic mass is 9.88. The molecule has 3 unspecified atom stereocenters. The van der Waals surface area contributed by atoms with E-state index in [1.807, 2.05) is 0 Å². The molecule has 3 atom stereocenters. The lowest BCUT2D eigenvalue weighted by Gasteiger charge is -2.28. The van der Waals surface area contributed by atoms with E-state index in [1.54, 1.807) is 6.92 Å². The second kappa shape index (κ2) is 4.61. The van der Waals surface area contributed by atoms with Crippen LogP contribution < -0.4 is 0 Å². The van der Waals surface area contributed by atoms with Crippen LogP contribution in [0, 0.1) is 5.92 Å². The molecular formula is C10H18O3. The first-order valence-corrected chi connectivity index (χ1v) is 4.98. The summed E-state index contributed by atoms with van der Waals surface area (Å²) < 4.78 is 5.42. The van der Waals surface area contributed by atoms with Gasteiger partial charge in [-0.05, 0) is 25.7 Å². The van der Waals surface area contributed by atoms with E-state index < -0.39 is 12.1 Å². The first kappa shape index (κ1) is 10.5. The van der Waals surface area contributed by atoms with Gasteiger partial charge in [0.15, 0.2) is 6.10 Å². The predicted octanol–water partition coefficient (Wildman–Crippen LogP) is 2.05. The van der Waals surface area contributed by atoms with Gasteiger partial charge in [0, 0.05) is 0 Å². The summed E-state index contributed by atoms with van der Waals surface area (Å²) in [5.74, 6) is -0.182. The number of hydrogen-bond donors (Lipinski definition) is 1. The van der Waals surface area contributed by atoms with Gasteiger partial charge in [0.1, 0.15) is 0 Å². The van der Waals surface area contributed by atoms with E-state index in [0.717, 1.165) is 19.3 Å². The van der Waals surface area contributed by atoms with Gasteiger partial charge in [-0.3, -0.25) is 0 Å². The number of rotatable bonds is 3. The molecule has 0 aromatic carbocycles. The number of ether oxygens (including phenoxy) is 1. The summed E-state index contributed by atoms with van der Waals surface area (Å²) in [5.41, 5.74) is 0. The van der Waals surface area contributed by atoms with E-state index in [0.29, 0.717) is 5.92 Å². The molecule has 76 valence electrons. The van der Waals surface area contributed by atoms with Crippen molar-refractivity contribution in [2.75, 3.05) is 0 Å². The van der Waals surface area contributed by atoms with Crippen LogP contribution in [0.2, 0.25) is 0 Å². The summed E-state index contributed by atoms with van der Waals surface area (Å²) in [6, 6.07) is 0. The van der Waals surface area contributed by atoms with Gasteiger partial charge in [-0.15, -0.1) is 0 Å². The van der Waals surface area contributed by atoms with Crippen LogP contribution in [-0.2, 0) is 9.53 Å². The highest BCUT2D eigenvalue weighted by Crippen LogP contribution is 2.26. The Balaban J connectivity index is 2.31. The molecule has 13 heavy (non-hydrogen) atoms. The molecule has 1 fully saturated rings. The van der Waals surface area contributed by atoms with Crippen LogP contribution in [0.15, 0.2) is 0 Å². The fourth-order valence-corrected chi connectivity index (χ4v) is 1.85. The minimum Gasteiger partial charge on any atom is -0.479 e. The molecule has 0 amide bonds. The Kier molecular flexibility index (Phi) is 3.72. The molecule has 0 saturated heterocycles. The Hall–Kier alpha value is -0.570. The maximum atomic E-state index is 10.5. The van der Waals surface area contributed by atoms with E-state index >= 15 is 0 Å². The normalized spacial score (nSPS) is 31.2. The van der Waals surface area contributed by atoms with Crippen molar-refractivity contribution in [1.82, 2.24) is 0 Å². The van der Waals surface area contributed by atoms with E-state index in [1.165, 1.54) is 6.42 Å². The van der Waals surface area contributed by atoms with Gasteiger partial charge in [0.05, 0.1) is 6.10 Å². The molecule has 0 aromatic rings. The SMILES string of the molecule is CC1CCCC(OC(C)C(=O)O)C1. The largest absolute Gasteiger partial charge is 0.479 e. The zero-order valence-corrected chi connectivity index (χ0v) is 8.32. The molecule has 3 nitrogen and oxygen atoms in total. The second-order valence-corrected chi connectivity index (χ2v) is 4.01. The van der Waals surface area contributed by atoms with Crippen molar-refractivity contribution in [2.45, 2.75) is 51.7 Å². The highest BCUT2D eigenvalue weighted by molar-refractivity contribution is 5.71. The molecule has 0 spiro atoms. The average Bonchev–Trinajstić information content (AvgIpc) is 2.04. The van der Waals surface area contributed by atoms with E-state index in [-0.39, 0.29) is 6.10 Å². The van der Waals surface area contributed by atoms with Gasteiger partial charge in [-0.25, -0.2) is 4.79 Å². The highest BCUT2D eigenvalue weighted by atomic mass is 16.5. The highest BCUT2D eigenvalue weighted by Gasteiger charge is 2.23. The Bertz CT molecular complexity index is 179. The molecule has 0 aliphatic heterocycles.